The number of carboxylic acids is 1. The zero-order valence-electron chi connectivity index (χ0n) is 30.1. The van der Waals surface area contributed by atoms with Crippen molar-refractivity contribution in [1.82, 2.24) is 4.90 Å². The van der Waals surface area contributed by atoms with Crippen molar-refractivity contribution in [3.05, 3.63) is 125 Å². The van der Waals surface area contributed by atoms with Crippen molar-refractivity contribution in [3.8, 4) is 22.5 Å². The molecule has 0 saturated carbocycles. The normalized spacial score (nSPS) is 15.3. The second kappa shape index (κ2) is 15.4. The number of hydrogen-bond donors (Lipinski definition) is 6. The molecule has 0 aromatic heterocycles. The van der Waals surface area contributed by atoms with Crippen LogP contribution in [0.1, 0.15) is 34.3 Å². The number of hydrogen-bond acceptors (Lipinski definition) is 10. The number of carboxylic acid groups (broad SMARTS) is 1. The Morgan fingerprint density at radius 2 is 1.47 bits per heavy atom. The highest BCUT2D eigenvalue weighted by molar-refractivity contribution is 7.86. The first-order valence-corrected chi connectivity index (χ1v) is 21.8. The van der Waals surface area contributed by atoms with Crippen LogP contribution >= 0.6 is 0 Å². The lowest BCUT2D eigenvalue weighted by molar-refractivity contribution is -0.520. The standard InChI is InChI=1S/C39H33N3O13S3/c43-38(42-17-5-9-32(42)39(44)45)28-8-3-2-7-27(28)37-29-16-13-25(40-22-24-6-1-4-10-35(24)57(49,50)51)18-33(29)55-34-20-31(36(19-30(34)37)58(52,53)54)41-21-23-11-14-26(15-12-23)56(46,47)48/h1-4,6-8,10-16,18-20,32,40H,5,9,17,21-22H2,(H,44,45)(H,46,47,48)(H,49,50,51)(H,52,53,54)/p+1. The van der Waals surface area contributed by atoms with Crippen LogP contribution in [0.25, 0.3) is 33.4 Å². The summed E-state index contributed by atoms with van der Waals surface area (Å²) in [5.41, 5.74) is 2.30. The maximum atomic E-state index is 14.2. The molecule has 1 aliphatic carbocycles. The molecule has 19 heteroatoms. The third-order valence-corrected chi connectivity index (χ3v) is 12.5. The Labute approximate surface area is 331 Å². The van der Waals surface area contributed by atoms with E-state index in [4.69, 9.17) is 4.42 Å². The molecule has 6 N–H and O–H groups in total. The summed E-state index contributed by atoms with van der Waals surface area (Å²) in [5, 5.41) is 13.3. The molecule has 1 saturated heterocycles. The molecule has 0 spiro atoms. The van der Waals surface area contributed by atoms with Crippen molar-refractivity contribution in [3.63, 3.8) is 0 Å². The van der Waals surface area contributed by atoms with E-state index in [-0.39, 0.29) is 69.2 Å². The zero-order chi connectivity index (χ0) is 41.6. The maximum Gasteiger partial charge on any atom is 0.326 e. The molecule has 7 rings (SSSR count). The smallest absolute Gasteiger partial charge is 0.326 e. The lowest BCUT2D eigenvalue weighted by Gasteiger charge is -2.24. The Balaban J connectivity index is 1.43. The summed E-state index contributed by atoms with van der Waals surface area (Å²) in [6.45, 7) is 0.0972. The summed E-state index contributed by atoms with van der Waals surface area (Å²) in [7, 11) is -13.9. The van der Waals surface area contributed by atoms with Gasteiger partial charge in [0.05, 0.1) is 15.9 Å². The number of amides is 1. The van der Waals surface area contributed by atoms with Crippen LogP contribution in [0.5, 0.6) is 0 Å². The number of aliphatic carboxylic acids is 1. The predicted octanol–water partition coefficient (Wildman–Crippen LogP) is 3.43. The van der Waals surface area contributed by atoms with Gasteiger partial charge < -0.3 is 19.7 Å². The van der Waals surface area contributed by atoms with Crippen LogP contribution in [0.2, 0.25) is 0 Å². The number of benzene rings is 5. The van der Waals surface area contributed by atoms with Gasteiger partial charge in [-0.25, -0.2) is 9.79 Å². The van der Waals surface area contributed by atoms with E-state index in [2.05, 4.69) is 10.3 Å². The van der Waals surface area contributed by atoms with Gasteiger partial charge in [-0.1, -0.05) is 48.5 Å². The highest BCUT2D eigenvalue weighted by atomic mass is 32.2. The molecule has 300 valence electrons. The molecule has 0 radical (unpaired) electrons. The van der Waals surface area contributed by atoms with E-state index in [1.165, 1.54) is 53.4 Å². The molecule has 2 heterocycles. The van der Waals surface area contributed by atoms with Gasteiger partial charge in [0.1, 0.15) is 17.4 Å². The Morgan fingerprint density at radius 3 is 2.16 bits per heavy atom. The van der Waals surface area contributed by atoms with Crippen LogP contribution < -0.4 is 15.7 Å². The number of anilines is 1. The number of carbonyl (C=O) groups is 2. The molecule has 58 heavy (non-hydrogen) atoms. The fourth-order valence-electron chi connectivity index (χ4n) is 7.05. The van der Waals surface area contributed by atoms with Gasteiger partial charge in [0.25, 0.3) is 26.1 Å². The molecule has 4 aromatic rings. The van der Waals surface area contributed by atoms with E-state index >= 15 is 0 Å². The van der Waals surface area contributed by atoms with Crippen LogP contribution in [-0.4, -0.2) is 73.4 Å². The van der Waals surface area contributed by atoms with Crippen molar-refractivity contribution < 1.29 is 63.0 Å². The number of nitrogens with one attached hydrogen (secondary N) is 2. The number of nitrogens with zero attached hydrogens (tertiary/aromatic N) is 1. The third-order valence-electron chi connectivity index (χ3n) is 9.76. The van der Waals surface area contributed by atoms with Crippen LogP contribution in [0, 0.1) is 0 Å². The first-order chi connectivity index (χ1) is 27.4. The summed E-state index contributed by atoms with van der Waals surface area (Å²) in [4.78, 5) is 29.3. The molecular weight excluding hydrogens is 815 g/mol. The van der Waals surface area contributed by atoms with Crippen molar-refractivity contribution in [2.24, 2.45) is 0 Å². The summed E-state index contributed by atoms with van der Waals surface area (Å²) in [5.74, 6) is -1.63. The lowest BCUT2D eigenvalue weighted by Crippen LogP contribution is -2.75. The molecule has 16 nitrogen and oxygen atoms in total. The number of fused-ring (bicyclic) bond motifs is 2. The predicted molar refractivity (Wildman–Crippen MR) is 207 cm³/mol. The van der Waals surface area contributed by atoms with Gasteiger partial charge in [0.15, 0.2) is 11.4 Å². The maximum absolute atomic E-state index is 14.2. The third kappa shape index (κ3) is 8.21. The SMILES string of the molecule is O=C(O)C1CCCN1C(=O)c1ccccc1-c1c2cc(S(=O)(=O)O)c(=[NH+]Cc3ccc(S(=O)(=O)O)cc3)cc-2oc2cc(NCc3ccccc3S(=O)(=O)O)ccc12. The minimum Gasteiger partial charge on any atom is -0.480 e. The topological polar surface area (TPSA) is 260 Å². The summed E-state index contributed by atoms with van der Waals surface area (Å²) in [6.07, 6.45) is 0.742. The Kier molecular flexibility index (Phi) is 10.7. The molecule has 1 fully saturated rings. The molecule has 0 bridgehead atoms. The van der Waals surface area contributed by atoms with E-state index in [0.717, 1.165) is 12.1 Å². The minimum atomic E-state index is -4.95. The number of rotatable bonds is 11. The van der Waals surface area contributed by atoms with Crippen LogP contribution in [0.4, 0.5) is 5.69 Å². The van der Waals surface area contributed by atoms with Crippen molar-refractivity contribution >= 4 is 58.9 Å². The Bertz CT molecular complexity index is 3000. The Hall–Kier alpha value is -5.96. The average Bonchev–Trinajstić information content (AvgIpc) is 3.68. The van der Waals surface area contributed by atoms with E-state index in [1.54, 1.807) is 42.5 Å². The van der Waals surface area contributed by atoms with E-state index < -0.39 is 53.2 Å². The van der Waals surface area contributed by atoms with Gasteiger partial charge in [-0.05, 0) is 66.4 Å². The Morgan fingerprint density at radius 1 is 0.776 bits per heavy atom. The van der Waals surface area contributed by atoms with Crippen LogP contribution in [0.3, 0.4) is 0 Å². The second-order valence-corrected chi connectivity index (χ2v) is 17.7. The van der Waals surface area contributed by atoms with Crippen molar-refractivity contribution in [2.45, 2.75) is 46.7 Å². The lowest BCUT2D eigenvalue weighted by atomic mass is 9.90. The summed E-state index contributed by atoms with van der Waals surface area (Å²) in [6, 6.07) is 23.8. The molecule has 4 aromatic carbocycles. The molecule has 2 aliphatic heterocycles. The second-order valence-electron chi connectivity index (χ2n) is 13.5. The fourth-order valence-corrected chi connectivity index (χ4v) is 8.93. The molecule has 1 unspecified atom stereocenters. The highest BCUT2D eigenvalue weighted by Gasteiger charge is 2.36. The van der Waals surface area contributed by atoms with Crippen LogP contribution in [0.15, 0.2) is 122 Å². The zero-order valence-corrected chi connectivity index (χ0v) is 32.5. The summed E-state index contributed by atoms with van der Waals surface area (Å²) < 4.78 is 109. The minimum absolute atomic E-state index is 0.0309. The van der Waals surface area contributed by atoms with E-state index in [9.17, 15) is 53.6 Å². The van der Waals surface area contributed by atoms with Gasteiger partial charge in [0, 0.05) is 52.5 Å². The first-order valence-electron chi connectivity index (χ1n) is 17.5. The van der Waals surface area contributed by atoms with Gasteiger partial charge in [-0.15, -0.1) is 0 Å². The van der Waals surface area contributed by atoms with Gasteiger partial charge in [0.2, 0.25) is 5.36 Å². The van der Waals surface area contributed by atoms with E-state index in [1.807, 2.05) is 0 Å². The molecule has 1 atom stereocenters. The van der Waals surface area contributed by atoms with Crippen LogP contribution in [-0.2, 0) is 48.2 Å². The van der Waals surface area contributed by atoms with Crippen molar-refractivity contribution in [2.75, 3.05) is 11.9 Å². The largest absolute Gasteiger partial charge is 0.480 e. The van der Waals surface area contributed by atoms with Gasteiger partial charge in [-0.2, -0.15) is 25.3 Å². The number of carbonyl (C=O) groups excluding carboxylic acids is 1. The number of likely N-dealkylation sites (tertiary alicyclic amines) is 1. The first kappa shape index (κ1) is 40.2. The average molecular weight is 849 g/mol. The molecule has 1 amide bonds. The van der Waals surface area contributed by atoms with E-state index in [0.29, 0.717) is 34.2 Å². The molecule has 3 aliphatic rings. The molecular formula is C39H34N3O13S3+. The van der Waals surface area contributed by atoms with Gasteiger partial charge in [-0.3, -0.25) is 18.5 Å². The quantitative estimate of drug-likeness (QED) is 0.0807. The summed E-state index contributed by atoms with van der Waals surface area (Å²) >= 11 is 0. The monoisotopic (exact) mass is 848 g/mol. The van der Waals surface area contributed by atoms with Gasteiger partial charge >= 0.3 is 16.1 Å². The highest BCUT2D eigenvalue weighted by Crippen LogP contribution is 2.43. The van der Waals surface area contributed by atoms with Crippen molar-refractivity contribution in [1.29, 1.82) is 0 Å². The fraction of sp³-hybridized carbons (Fsp3) is 0.154.